The van der Waals surface area contributed by atoms with Crippen LogP contribution in [0.1, 0.15) is 42.3 Å². The van der Waals surface area contributed by atoms with Crippen molar-refractivity contribution in [1.82, 2.24) is 24.3 Å². The van der Waals surface area contributed by atoms with E-state index >= 15 is 0 Å². The average Bonchev–Trinajstić information content (AvgIpc) is 3.20. The quantitative estimate of drug-likeness (QED) is 0.605. The first-order valence-electron chi connectivity index (χ1n) is 11.8. The molecule has 0 bridgehead atoms. The lowest BCUT2D eigenvalue weighted by Crippen LogP contribution is -2.41. The molecule has 0 N–H and O–H groups in total. The standard InChI is InChI=1S/C26H33N5/c1-2-6-22(7-3-1)9-18-30-14-5-15-31-19-13-28-26(31)25(30)24-10-16-29(17-11-24)21-23-8-4-12-27-20-23/h1-4,6-8,12-13,19-20,24-25H,5,9-11,14-18,21H2. The van der Waals surface area contributed by atoms with Gasteiger partial charge < -0.3 is 4.57 Å². The molecule has 5 rings (SSSR count). The fraction of sp³-hybridized carbons (Fsp3) is 0.462. The van der Waals surface area contributed by atoms with Gasteiger partial charge >= 0.3 is 0 Å². The minimum Gasteiger partial charge on any atom is -0.334 e. The van der Waals surface area contributed by atoms with Gasteiger partial charge in [0.25, 0.3) is 0 Å². The van der Waals surface area contributed by atoms with E-state index in [1.54, 1.807) is 0 Å². The summed E-state index contributed by atoms with van der Waals surface area (Å²) in [5, 5.41) is 0. The predicted octanol–water partition coefficient (Wildman–Crippen LogP) is 4.18. The number of aryl methyl sites for hydroxylation is 1. The lowest BCUT2D eigenvalue weighted by Gasteiger charge is -2.40. The maximum Gasteiger partial charge on any atom is 0.126 e. The SMILES string of the molecule is c1ccc(CCN2CCCn3ccnc3C2C2CCN(Cc3cccnc3)CC2)cc1. The number of hydrogen-bond donors (Lipinski definition) is 0. The number of nitrogens with zero attached hydrogens (tertiary/aromatic N) is 5. The minimum absolute atomic E-state index is 0.432. The molecule has 31 heavy (non-hydrogen) atoms. The van der Waals surface area contributed by atoms with Crippen molar-refractivity contribution >= 4 is 0 Å². The van der Waals surface area contributed by atoms with Gasteiger partial charge in [-0.1, -0.05) is 36.4 Å². The molecule has 1 saturated heterocycles. The molecule has 162 valence electrons. The van der Waals surface area contributed by atoms with Gasteiger partial charge in [0.15, 0.2) is 0 Å². The van der Waals surface area contributed by atoms with Gasteiger partial charge in [0, 0.05) is 51.0 Å². The van der Waals surface area contributed by atoms with Crippen LogP contribution in [0.2, 0.25) is 0 Å². The van der Waals surface area contributed by atoms with Crippen LogP contribution in [0.5, 0.6) is 0 Å². The molecule has 5 nitrogen and oxygen atoms in total. The molecule has 5 heteroatoms. The molecule has 0 saturated carbocycles. The van der Waals surface area contributed by atoms with Crippen molar-refractivity contribution in [2.24, 2.45) is 5.92 Å². The van der Waals surface area contributed by atoms with Crippen molar-refractivity contribution in [3.63, 3.8) is 0 Å². The van der Waals surface area contributed by atoms with Crippen LogP contribution in [0.15, 0.2) is 67.3 Å². The summed E-state index contributed by atoms with van der Waals surface area (Å²) in [5.74, 6) is 1.96. The zero-order valence-corrected chi connectivity index (χ0v) is 18.3. The van der Waals surface area contributed by atoms with Crippen molar-refractivity contribution in [1.29, 1.82) is 0 Å². The summed E-state index contributed by atoms with van der Waals surface area (Å²) in [6.07, 6.45) is 12.8. The Morgan fingerprint density at radius 2 is 1.71 bits per heavy atom. The zero-order valence-electron chi connectivity index (χ0n) is 18.3. The van der Waals surface area contributed by atoms with Gasteiger partial charge in [-0.2, -0.15) is 0 Å². The van der Waals surface area contributed by atoms with Gasteiger partial charge in [-0.05, 0) is 61.9 Å². The largest absolute Gasteiger partial charge is 0.334 e. The van der Waals surface area contributed by atoms with Gasteiger partial charge in [0.05, 0.1) is 6.04 Å². The van der Waals surface area contributed by atoms with Gasteiger partial charge in [0.2, 0.25) is 0 Å². The Labute approximate surface area is 185 Å². The summed E-state index contributed by atoms with van der Waals surface area (Å²) in [5.41, 5.74) is 2.75. The van der Waals surface area contributed by atoms with E-state index in [0.29, 0.717) is 12.0 Å². The Hall–Kier alpha value is -2.50. The molecule has 0 aliphatic carbocycles. The highest BCUT2D eigenvalue weighted by Crippen LogP contribution is 2.37. The number of likely N-dealkylation sites (tertiary alicyclic amines) is 1. The molecule has 1 unspecified atom stereocenters. The highest BCUT2D eigenvalue weighted by atomic mass is 15.2. The van der Waals surface area contributed by atoms with E-state index in [9.17, 15) is 0 Å². The predicted molar refractivity (Wildman–Crippen MR) is 124 cm³/mol. The second kappa shape index (κ2) is 9.75. The molecule has 1 fully saturated rings. The summed E-state index contributed by atoms with van der Waals surface area (Å²) in [7, 11) is 0. The van der Waals surface area contributed by atoms with Crippen LogP contribution >= 0.6 is 0 Å². The van der Waals surface area contributed by atoms with Crippen LogP contribution in [-0.2, 0) is 19.5 Å². The zero-order chi connectivity index (χ0) is 20.9. The lowest BCUT2D eigenvalue weighted by molar-refractivity contribution is 0.0824. The molecule has 1 atom stereocenters. The van der Waals surface area contributed by atoms with E-state index in [0.717, 1.165) is 45.7 Å². The molecule has 2 aliphatic rings. The van der Waals surface area contributed by atoms with Crippen LogP contribution in [0.25, 0.3) is 0 Å². The second-order valence-electron chi connectivity index (χ2n) is 9.02. The molecule has 2 aromatic heterocycles. The third kappa shape index (κ3) is 4.89. The lowest BCUT2D eigenvalue weighted by atomic mass is 9.87. The number of piperidine rings is 1. The van der Waals surface area contributed by atoms with Gasteiger partial charge in [-0.25, -0.2) is 4.98 Å². The Balaban J connectivity index is 1.28. The normalized spacial score (nSPS) is 21.0. The highest BCUT2D eigenvalue weighted by molar-refractivity contribution is 5.15. The smallest absolute Gasteiger partial charge is 0.126 e. The van der Waals surface area contributed by atoms with E-state index in [1.165, 1.54) is 36.2 Å². The highest BCUT2D eigenvalue weighted by Gasteiger charge is 2.35. The van der Waals surface area contributed by atoms with Crippen molar-refractivity contribution in [3.05, 3.63) is 84.2 Å². The van der Waals surface area contributed by atoms with Gasteiger partial charge in [-0.15, -0.1) is 0 Å². The molecule has 4 heterocycles. The summed E-state index contributed by atoms with van der Waals surface area (Å²) in [6, 6.07) is 15.6. The first-order valence-corrected chi connectivity index (χ1v) is 11.8. The maximum atomic E-state index is 4.86. The summed E-state index contributed by atoms with van der Waals surface area (Å²) in [6.45, 7) is 6.69. The molecule has 3 aromatic rings. The first kappa shape index (κ1) is 20.4. The number of rotatable bonds is 6. The Morgan fingerprint density at radius 1 is 0.871 bits per heavy atom. The Kier molecular flexibility index (Phi) is 6.42. The fourth-order valence-electron chi connectivity index (χ4n) is 5.38. The summed E-state index contributed by atoms with van der Waals surface area (Å²) >= 11 is 0. The van der Waals surface area contributed by atoms with E-state index in [-0.39, 0.29) is 0 Å². The maximum absolute atomic E-state index is 4.86. The van der Waals surface area contributed by atoms with Crippen molar-refractivity contribution in [2.45, 2.75) is 44.8 Å². The third-order valence-corrected chi connectivity index (χ3v) is 6.99. The summed E-state index contributed by atoms with van der Waals surface area (Å²) in [4.78, 5) is 14.5. The Bertz CT molecular complexity index is 931. The van der Waals surface area contributed by atoms with E-state index in [2.05, 4.69) is 61.9 Å². The number of imidazole rings is 1. The van der Waals surface area contributed by atoms with E-state index in [4.69, 9.17) is 4.98 Å². The van der Waals surface area contributed by atoms with Crippen LogP contribution in [0.4, 0.5) is 0 Å². The van der Waals surface area contributed by atoms with Crippen molar-refractivity contribution < 1.29 is 0 Å². The topological polar surface area (TPSA) is 37.2 Å². The van der Waals surface area contributed by atoms with Crippen molar-refractivity contribution in [2.75, 3.05) is 26.2 Å². The molecular weight excluding hydrogens is 382 g/mol. The van der Waals surface area contributed by atoms with Gasteiger partial charge in [0.1, 0.15) is 5.82 Å². The molecule has 0 amide bonds. The average molecular weight is 416 g/mol. The van der Waals surface area contributed by atoms with Crippen LogP contribution in [0.3, 0.4) is 0 Å². The number of fused-ring (bicyclic) bond motifs is 1. The van der Waals surface area contributed by atoms with E-state index in [1.807, 2.05) is 24.7 Å². The molecule has 1 aromatic carbocycles. The minimum atomic E-state index is 0.432. The fourth-order valence-corrected chi connectivity index (χ4v) is 5.38. The molecule has 2 aliphatic heterocycles. The van der Waals surface area contributed by atoms with Crippen LogP contribution in [-0.4, -0.2) is 50.5 Å². The monoisotopic (exact) mass is 415 g/mol. The first-order chi connectivity index (χ1) is 15.4. The molecule has 0 radical (unpaired) electrons. The Morgan fingerprint density at radius 3 is 2.52 bits per heavy atom. The van der Waals surface area contributed by atoms with Gasteiger partial charge in [-0.3, -0.25) is 14.8 Å². The second-order valence-corrected chi connectivity index (χ2v) is 9.02. The number of aromatic nitrogens is 3. The van der Waals surface area contributed by atoms with Crippen LogP contribution in [0, 0.1) is 5.92 Å². The third-order valence-electron chi connectivity index (χ3n) is 6.99. The summed E-state index contributed by atoms with van der Waals surface area (Å²) < 4.78 is 2.41. The number of hydrogen-bond acceptors (Lipinski definition) is 4. The number of pyridine rings is 1. The van der Waals surface area contributed by atoms with E-state index < -0.39 is 0 Å². The van der Waals surface area contributed by atoms with Crippen molar-refractivity contribution in [3.8, 4) is 0 Å². The molecule has 0 spiro atoms. The molecular formula is C26H33N5. The number of benzene rings is 1. The van der Waals surface area contributed by atoms with Crippen LogP contribution < -0.4 is 0 Å².